The van der Waals surface area contributed by atoms with Crippen LogP contribution in [-0.2, 0) is 12.7 Å². The number of aromatic nitrogens is 2. The lowest BCUT2D eigenvalue weighted by Crippen LogP contribution is -2.32. The van der Waals surface area contributed by atoms with Crippen molar-refractivity contribution in [3.8, 4) is 10.7 Å². The highest BCUT2D eigenvalue weighted by molar-refractivity contribution is 7.15. The largest absolute Gasteiger partial charge is 0.471 e. The van der Waals surface area contributed by atoms with Gasteiger partial charge in [0, 0.05) is 10.9 Å². The van der Waals surface area contributed by atoms with Crippen LogP contribution in [0, 0.1) is 0 Å². The molecule has 0 N–H and O–H groups in total. The minimum atomic E-state index is -4.69. The predicted octanol–water partition coefficient (Wildman–Crippen LogP) is 5.28. The highest BCUT2D eigenvalue weighted by atomic mass is 35.5. The van der Waals surface area contributed by atoms with Crippen LogP contribution in [0.2, 0.25) is 5.02 Å². The Morgan fingerprint density at radius 2 is 2.00 bits per heavy atom. The van der Waals surface area contributed by atoms with Gasteiger partial charge in [-0.1, -0.05) is 28.9 Å². The van der Waals surface area contributed by atoms with Crippen LogP contribution in [-0.4, -0.2) is 27.0 Å². The highest BCUT2D eigenvalue weighted by Gasteiger charge is 2.39. The summed E-state index contributed by atoms with van der Waals surface area (Å²) < 4.78 is 42.1. The molecule has 146 valence electrons. The van der Waals surface area contributed by atoms with Gasteiger partial charge >= 0.3 is 12.1 Å². The Kier molecular flexibility index (Phi) is 4.88. The molecule has 0 aliphatic heterocycles. The smallest absolute Gasteiger partial charge is 0.330 e. The fourth-order valence-electron chi connectivity index (χ4n) is 2.73. The number of alkyl halides is 3. The van der Waals surface area contributed by atoms with Gasteiger partial charge in [-0.25, -0.2) is 0 Å². The van der Waals surface area contributed by atoms with Crippen molar-refractivity contribution >= 4 is 28.8 Å². The first-order valence-electron chi connectivity index (χ1n) is 8.38. The van der Waals surface area contributed by atoms with E-state index < -0.39 is 12.1 Å². The van der Waals surface area contributed by atoms with Crippen molar-refractivity contribution < 1.29 is 22.5 Å². The number of rotatable bonds is 5. The predicted molar refractivity (Wildman–Crippen MR) is 97.0 cm³/mol. The number of amides is 1. The molecule has 1 saturated carbocycles. The van der Waals surface area contributed by atoms with Crippen LogP contribution in [0.3, 0.4) is 0 Å². The topological polar surface area (TPSA) is 59.2 Å². The third-order valence-electron chi connectivity index (χ3n) is 4.23. The van der Waals surface area contributed by atoms with Crippen LogP contribution in [0.4, 0.5) is 13.2 Å². The van der Waals surface area contributed by atoms with E-state index in [1.54, 1.807) is 41.3 Å². The molecule has 1 amide bonds. The molecule has 0 saturated heterocycles. The molecule has 3 aromatic rings. The summed E-state index contributed by atoms with van der Waals surface area (Å²) in [6.07, 6.45) is -2.86. The van der Waals surface area contributed by atoms with E-state index in [9.17, 15) is 18.0 Å². The third kappa shape index (κ3) is 3.90. The summed E-state index contributed by atoms with van der Waals surface area (Å²) in [7, 11) is 0. The van der Waals surface area contributed by atoms with Crippen molar-refractivity contribution in [3.63, 3.8) is 0 Å². The number of carbonyl (C=O) groups is 1. The van der Waals surface area contributed by atoms with Gasteiger partial charge in [-0.3, -0.25) is 4.79 Å². The van der Waals surface area contributed by atoms with E-state index in [1.807, 2.05) is 0 Å². The monoisotopic (exact) mass is 427 g/mol. The van der Waals surface area contributed by atoms with Gasteiger partial charge in [-0.15, -0.1) is 11.3 Å². The zero-order chi connectivity index (χ0) is 19.9. The summed E-state index contributed by atoms with van der Waals surface area (Å²) in [6.45, 7) is 0.337. The standard InChI is InChI=1S/C18H13ClF3N3O2S/c19-13-4-2-1-3-12(13)16(26)25(10-5-6-10)9-11-7-8-14(28-11)15-23-17(27-24-15)18(20,21)22/h1-4,7-8,10H,5-6,9H2. The van der Waals surface area contributed by atoms with Gasteiger partial charge < -0.3 is 9.42 Å². The van der Waals surface area contributed by atoms with Gasteiger partial charge in [0.25, 0.3) is 5.91 Å². The van der Waals surface area contributed by atoms with Crippen molar-refractivity contribution in [1.29, 1.82) is 0 Å². The van der Waals surface area contributed by atoms with Crippen LogP contribution in [0.1, 0.15) is 34.0 Å². The lowest BCUT2D eigenvalue weighted by molar-refractivity contribution is -0.159. The van der Waals surface area contributed by atoms with Crippen molar-refractivity contribution in [3.05, 3.63) is 57.8 Å². The molecular formula is C18H13ClF3N3O2S. The summed E-state index contributed by atoms with van der Waals surface area (Å²) in [5.41, 5.74) is 0.431. The van der Waals surface area contributed by atoms with Crippen molar-refractivity contribution in [2.45, 2.75) is 31.6 Å². The summed E-state index contributed by atoms with van der Waals surface area (Å²) in [5, 5.41) is 3.78. The molecule has 0 spiro atoms. The number of benzene rings is 1. The van der Waals surface area contributed by atoms with E-state index in [-0.39, 0.29) is 17.8 Å². The minimum absolute atomic E-state index is 0.126. The lowest BCUT2D eigenvalue weighted by Gasteiger charge is -2.22. The second-order valence-electron chi connectivity index (χ2n) is 6.33. The van der Waals surface area contributed by atoms with Crippen LogP contribution >= 0.6 is 22.9 Å². The van der Waals surface area contributed by atoms with Gasteiger partial charge in [0.05, 0.1) is 22.0 Å². The summed E-state index contributed by atoms with van der Waals surface area (Å²) >= 11 is 7.37. The first kappa shape index (κ1) is 18.9. The molecule has 1 fully saturated rings. The average Bonchev–Trinajstić information content (AvgIpc) is 3.17. The molecule has 2 aromatic heterocycles. The highest BCUT2D eigenvalue weighted by Crippen LogP contribution is 2.35. The van der Waals surface area contributed by atoms with Crippen molar-refractivity contribution in [2.75, 3.05) is 0 Å². The van der Waals surface area contributed by atoms with Gasteiger partial charge in [0.2, 0.25) is 5.82 Å². The summed E-state index contributed by atoms with van der Waals surface area (Å²) in [6, 6.07) is 10.4. The molecule has 0 atom stereocenters. The molecule has 1 aliphatic carbocycles. The summed E-state index contributed by atoms with van der Waals surface area (Å²) in [4.78, 5) is 19.3. The number of hydrogen-bond donors (Lipinski definition) is 0. The molecule has 1 aliphatic rings. The second-order valence-corrected chi connectivity index (χ2v) is 7.91. The molecule has 28 heavy (non-hydrogen) atoms. The van der Waals surface area contributed by atoms with E-state index in [0.717, 1.165) is 17.7 Å². The number of halogens is 4. The maximum Gasteiger partial charge on any atom is 0.471 e. The zero-order valence-corrected chi connectivity index (χ0v) is 15.8. The molecule has 5 nitrogen and oxygen atoms in total. The number of carbonyl (C=O) groups excluding carboxylic acids is 1. The molecule has 0 unspecified atom stereocenters. The second kappa shape index (κ2) is 7.21. The fraction of sp³-hybridized carbons (Fsp3) is 0.278. The Bertz CT molecular complexity index is 1010. The van der Waals surface area contributed by atoms with E-state index in [1.165, 1.54) is 11.3 Å². The van der Waals surface area contributed by atoms with Crippen LogP contribution < -0.4 is 0 Å². The third-order valence-corrected chi connectivity index (χ3v) is 5.63. The molecule has 1 aromatic carbocycles. The lowest BCUT2D eigenvalue weighted by atomic mass is 10.2. The van der Waals surface area contributed by atoms with E-state index in [4.69, 9.17) is 11.6 Å². The maximum absolute atomic E-state index is 12.9. The van der Waals surface area contributed by atoms with Crippen LogP contribution in [0.5, 0.6) is 0 Å². The Morgan fingerprint density at radius 1 is 1.25 bits per heavy atom. The van der Waals surface area contributed by atoms with Gasteiger partial charge in [0.15, 0.2) is 0 Å². The number of hydrogen-bond acceptors (Lipinski definition) is 5. The van der Waals surface area contributed by atoms with Crippen LogP contribution in [0.15, 0.2) is 40.9 Å². The van der Waals surface area contributed by atoms with Crippen LogP contribution in [0.25, 0.3) is 10.7 Å². The first-order chi connectivity index (χ1) is 13.3. The van der Waals surface area contributed by atoms with E-state index in [0.29, 0.717) is 22.0 Å². The Morgan fingerprint density at radius 3 is 2.64 bits per heavy atom. The number of nitrogens with zero attached hydrogens (tertiary/aromatic N) is 3. The van der Waals surface area contributed by atoms with Crippen molar-refractivity contribution in [1.82, 2.24) is 15.0 Å². The molecular weight excluding hydrogens is 415 g/mol. The van der Waals surface area contributed by atoms with Gasteiger partial charge in [-0.2, -0.15) is 18.2 Å². The normalized spacial score (nSPS) is 14.3. The SMILES string of the molecule is O=C(c1ccccc1Cl)N(Cc1ccc(-c2noc(C(F)(F)F)n2)s1)C1CC1. The van der Waals surface area contributed by atoms with E-state index in [2.05, 4.69) is 14.7 Å². The minimum Gasteiger partial charge on any atom is -0.330 e. The zero-order valence-electron chi connectivity index (χ0n) is 14.2. The van der Waals surface area contributed by atoms with E-state index >= 15 is 0 Å². The molecule has 0 radical (unpaired) electrons. The number of thiophene rings is 1. The quantitative estimate of drug-likeness (QED) is 0.556. The summed E-state index contributed by atoms with van der Waals surface area (Å²) in [5.74, 6) is -1.67. The molecule has 4 rings (SSSR count). The molecule has 2 heterocycles. The van der Waals surface area contributed by atoms with Gasteiger partial charge in [0.1, 0.15) is 0 Å². The Balaban J connectivity index is 1.54. The first-order valence-corrected chi connectivity index (χ1v) is 9.58. The van der Waals surface area contributed by atoms with Gasteiger partial charge in [-0.05, 0) is 37.1 Å². The van der Waals surface area contributed by atoms with Crippen molar-refractivity contribution in [2.24, 2.45) is 0 Å². The average molecular weight is 428 g/mol. The Labute approximate surface area is 166 Å². The molecule has 0 bridgehead atoms. The maximum atomic E-state index is 12.9. The Hall–Kier alpha value is -2.39. The fourth-order valence-corrected chi connectivity index (χ4v) is 3.88. The molecule has 10 heteroatoms.